The fourth-order valence-corrected chi connectivity index (χ4v) is 4.28. The van der Waals surface area contributed by atoms with Crippen molar-refractivity contribution in [2.45, 2.75) is 27.7 Å². The van der Waals surface area contributed by atoms with Gasteiger partial charge in [0.1, 0.15) is 10.7 Å². The molecule has 0 bridgehead atoms. The second kappa shape index (κ2) is 5.91. The fourth-order valence-electron chi connectivity index (χ4n) is 2.85. The molecule has 0 saturated carbocycles. The first-order valence-corrected chi connectivity index (χ1v) is 9.20. The van der Waals surface area contributed by atoms with Crippen LogP contribution < -0.4 is 5.32 Å². The van der Waals surface area contributed by atoms with Gasteiger partial charge in [0, 0.05) is 11.3 Å². The van der Waals surface area contributed by atoms with Crippen molar-refractivity contribution in [2.24, 2.45) is 4.40 Å². The third-order valence-corrected chi connectivity index (χ3v) is 5.68. The monoisotopic (exact) mass is 340 g/mol. The molecule has 3 rings (SSSR count). The molecule has 2 aromatic rings. The number of amidine groups is 1. The number of hydrogen-bond acceptors (Lipinski definition) is 3. The molecule has 124 valence electrons. The third kappa shape index (κ3) is 2.87. The van der Waals surface area contributed by atoms with Gasteiger partial charge in [-0.2, -0.15) is 8.42 Å². The van der Waals surface area contributed by atoms with Crippen molar-refractivity contribution < 1.29 is 8.42 Å². The number of aryl methyl sites for hydroxylation is 3. The summed E-state index contributed by atoms with van der Waals surface area (Å²) in [5.41, 5.74) is 5.39. The SMILES string of the molecule is CC1=C(c2ccc(C)cc2)S(=O)(=O)N=C1Nc1c(C)cccc1C. The maximum absolute atomic E-state index is 12.5. The number of sulfonamides is 1. The van der Waals surface area contributed by atoms with Gasteiger partial charge in [-0.05, 0) is 44.4 Å². The summed E-state index contributed by atoms with van der Waals surface area (Å²) < 4.78 is 29.0. The molecule has 0 fully saturated rings. The van der Waals surface area contributed by atoms with E-state index in [9.17, 15) is 8.42 Å². The van der Waals surface area contributed by atoms with Crippen molar-refractivity contribution in [3.63, 3.8) is 0 Å². The van der Waals surface area contributed by atoms with E-state index in [0.29, 0.717) is 17.0 Å². The molecule has 1 N–H and O–H groups in total. The first-order valence-electron chi connectivity index (χ1n) is 7.76. The third-order valence-electron chi connectivity index (χ3n) is 4.20. The standard InChI is InChI=1S/C19H20N2O2S/c1-12-8-10-16(11-9-12)18-15(4)19(21-24(18,22)23)20-17-13(2)6-5-7-14(17)3/h5-11H,1-4H3,(H,20,21). The fraction of sp³-hybridized carbons (Fsp3) is 0.211. The molecule has 0 unspecified atom stereocenters. The van der Waals surface area contributed by atoms with Crippen LogP contribution in [-0.4, -0.2) is 14.3 Å². The van der Waals surface area contributed by atoms with E-state index in [1.165, 1.54) is 0 Å². The van der Waals surface area contributed by atoms with Crippen LogP contribution in [0, 0.1) is 20.8 Å². The smallest absolute Gasteiger partial charge is 0.285 e. The second-order valence-corrected chi connectivity index (χ2v) is 7.67. The van der Waals surface area contributed by atoms with Crippen LogP contribution in [0.2, 0.25) is 0 Å². The molecule has 24 heavy (non-hydrogen) atoms. The summed E-state index contributed by atoms with van der Waals surface area (Å²) in [4.78, 5) is 0.274. The van der Waals surface area contributed by atoms with E-state index in [-0.39, 0.29) is 4.91 Å². The minimum atomic E-state index is -3.69. The van der Waals surface area contributed by atoms with E-state index in [2.05, 4.69) is 9.71 Å². The van der Waals surface area contributed by atoms with Crippen LogP contribution in [-0.2, 0) is 10.0 Å². The maximum Gasteiger partial charge on any atom is 0.285 e. The van der Waals surface area contributed by atoms with E-state index in [4.69, 9.17) is 0 Å². The van der Waals surface area contributed by atoms with Crippen molar-refractivity contribution in [3.8, 4) is 0 Å². The van der Waals surface area contributed by atoms with Crippen molar-refractivity contribution in [1.29, 1.82) is 0 Å². The normalized spacial score (nSPS) is 16.2. The summed E-state index contributed by atoms with van der Waals surface area (Å²) in [7, 11) is -3.69. The van der Waals surface area contributed by atoms with Crippen molar-refractivity contribution in [2.75, 3.05) is 5.32 Å². The summed E-state index contributed by atoms with van der Waals surface area (Å²) in [6.07, 6.45) is 0. The van der Waals surface area contributed by atoms with E-state index in [1.54, 1.807) is 6.92 Å². The van der Waals surface area contributed by atoms with Gasteiger partial charge >= 0.3 is 0 Å². The van der Waals surface area contributed by atoms with Crippen LogP contribution in [0.3, 0.4) is 0 Å². The molecular formula is C19H20N2O2S. The number of hydrogen-bond donors (Lipinski definition) is 1. The highest BCUT2D eigenvalue weighted by Gasteiger charge is 2.31. The number of nitrogens with zero attached hydrogens (tertiary/aromatic N) is 1. The van der Waals surface area contributed by atoms with Crippen molar-refractivity contribution >= 4 is 26.5 Å². The minimum Gasteiger partial charge on any atom is -0.339 e. The Bertz CT molecular complexity index is 949. The summed E-state index contributed by atoms with van der Waals surface area (Å²) in [5, 5.41) is 3.21. The van der Waals surface area contributed by atoms with Crippen LogP contribution in [0.1, 0.15) is 29.2 Å². The lowest BCUT2D eigenvalue weighted by Gasteiger charge is -2.12. The van der Waals surface area contributed by atoms with Crippen LogP contribution >= 0.6 is 0 Å². The Kier molecular flexibility index (Phi) is 4.05. The van der Waals surface area contributed by atoms with Crippen LogP contribution in [0.15, 0.2) is 52.4 Å². The van der Waals surface area contributed by atoms with Gasteiger partial charge in [-0.15, -0.1) is 4.40 Å². The number of nitrogens with one attached hydrogen (secondary N) is 1. The van der Waals surface area contributed by atoms with Gasteiger partial charge in [0.25, 0.3) is 10.0 Å². The highest BCUT2D eigenvalue weighted by molar-refractivity contribution is 8.00. The Hall–Kier alpha value is -2.40. The van der Waals surface area contributed by atoms with E-state index in [0.717, 1.165) is 22.4 Å². The summed E-state index contributed by atoms with van der Waals surface area (Å²) >= 11 is 0. The molecule has 0 radical (unpaired) electrons. The lowest BCUT2D eigenvalue weighted by Crippen LogP contribution is -2.13. The Morgan fingerprint density at radius 1 is 0.875 bits per heavy atom. The highest BCUT2D eigenvalue weighted by atomic mass is 32.2. The molecule has 0 atom stereocenters. The lowest BCUT2D eigenvalue weighted by molar-refractivity contribution is 0.608. The first kappa shape index (κ1) is 16.5. The van der Waals surface area contributed by atoms with Crippen molar-refractivity contribution in [1.82, 2.24) is 0 Å². The largest absolute Gasteiger partial charge is 0.339 e. The Morgan fingerprint density at radius 2 is 1.46 bits per heavy atom. The Labute approximate surface area is 143 Å². The molecule has 0 spiro atoms. The predicted octanol–water partition coefficient (Wildman–Crippen LogP) is 4.20. The summed E-state index contributed by atoms with van der Waals surface area (Å²) in [6, 6.07) is 13.4. The average molecular weight is 340 g/mol. The van der Waals surface area contributed by atoms with Gasteiger partial charge < -0.3 is 5.32 Å². The molecule has 1 heterocycles. The molecule has 2 aromatic carbocycles. The molecular weight excluding hydrogens is 320 g/mol. The molecule has 0 amide bonds. The predicted molar refractivity (Wildman–Crippen MR) is 99.7 cm³/mol. The van der Waals surface area contributed by atoms with Gasteiger partial charge in [-0.3, -0.25) is 0 Å². The van der Waals surface area contributed by atoms with Gasteiger partial charge in [0.05, 0.1) is 0 Å². The molecule has 1 aliphatic rings. The van der Waals surface area contributed by atoms with E-state index >= 15 is 0 Å². The number of para-hydroxylation sites is 1. The lowest BCUT2D eigenvalue weighted by atomic mass is 10.1. The molecule has 4 nitrogen and oxygen atoms in total. The quantitative estimate of drug-likeness (QED) is 0.891. The molecule has 0 aromatic heterocycles. The first-order chi connectivity index (χ1) is 11.3. The zero-order valence-electron chi connectivity index (χ0n) is 14.2. The molecule has 0 saturated heterocycles. The molecule has 0 aliphatic carbocycles. The highest BCUT2D eigenvalue weighted by Crippen LogP contribution is 2.33. The zero-order valence-corrected chi connectivity index (χ0v) is 15.0. The average Bonchev–Trinajstić information content (AvgIpc) is 2.74. The number of rotatable bonds is 2. The zero-order chi connectivity index (χ0) is 17.5. The molecule has 5 heteroatoms. The van der Waals surface area contributed by atoms with Gasteiger partial charge in [-0.1, -0.05) is 48.0 Å². The van der Waals surface area contributed by atoms with Crippen LogP contribution in [0.5, 0.6) is 0 Å². The van der Waals surface area contributed by atoms with Gasteiger partial charge in [-0.25, -0.2) is 0 Å². The van der Waals surface area contributed by atoms with E-state index in [1.807, 2.05) is 63.2 Å². The van der Waals surface area contributed by atoms with Crippen LogP contribution in [0.25, 0.3) is 4.91 Å². The minimum absolute atomic E-state index is 0.274. The maximum atomic E-state index is 12.5. The summed E-state index contributed by atoms with van der Waals surface area (Å²) in [5.74, 6) is 0.392. The van der Waals surface area contributed by atoms with Gasteiger partial charge in [0.2, 0.25) is 0 Å². The number of anilines is 1. The second-order valence-electron chi connectivity index (χ2n) is 6.13. The Balaban J connectivity index is 2.06. The Morgan fingerprint density at radius 3 is 2.04 bits per heavy atom. The van der Waals surface area contributed by atoms with Crippen molar-refractivity contribution in [3.05, 3.63) is 70.3 Å². The summed E-state index contributed by atoms with van der Waals surface area (Å²) in [6.45, 7) is 7.73. The van der Waals surface area contributed by atoms with Gasteiger partial charge in [0.15, 0.2) is 0 Å². The molecule has 1 aliphatic heterocycles. The topological polar surface area (TPSA) is 58.5 Å². The number of benzene rings is 2. The van der Waals surface area contributed by atoms with E-state index < -0.39 is 10.0 Å². The van der Waals surface area contributed by atoms with Crippen LogP contribution in [0.4, 0.5) is 5.69 Å².